The van der Waals surface area contributed by atoms with Gasteiger partial charge in [-0.1, -0.05) is 24.6 Å². The van der Waals surface area contributed by atoms with E-state index in [0.29, 0.717) is 5.41 Å². The van der Waals surface area contributed by atoms with E-state index in [1.165, 1.54) is 37.6 Å². The molecule has 4 heteroatoms. The van der Waals surface area contributed by atoms with E-state index in [-0.39, 0.29) is 0 Å². The van der Waals surface area contributed by atoms with Crippen LogP contribution in [0.4, 0.5) is 0 Å². The quantitative estimate of drug-likeness (QED) is 0.697. The third kappa shape index (κ3) is 2.82. The SMILES string of the molecule is CN=C(NCCc1cc2ccccc2o1)N1CCC2(CCC2)C1. The maximum absolute atomic E-state index is 5.88. The van der Waals surface area contributed by atoms with Crippen molar-refractivity contribution in [1.29, 1.82) is 0 Å². The minimum absolute atomic E-state index is 0.607. The molecule has 1 saturated carbocycles. The number of rotatable bonds is 3. The van der Waals surface area contributed by atoms with Gasteiger partial charge in [-0.25, -0.2) is 0 Å². The van der Waals surface area contributed by atoms with Crippen LogP contribution in [-0.4, -0.2) is 37.5 Å². The summed E-state index contributed by atoms with van der Waals surface area (Å²) in [7, 11) is 1.88. The van der Waals surface area contributed by atoms with E-state index in [1.54, 1.807) is 0 Å². The van der Waals surface area contributed by atoms with Gasteiger partial charge in [-0.2, -0.15) is 0 Å². The maximum atomic E-state index is 5.88. The molecule has 1 aliphatic heterocycles. The van der Waals surface area contributed by atoms with Crippen molar-refractivity contribution >= 4 is 16.9 Å². The molecule has 23 heavy (non-hydrogen) atoms. The van der Waals surface area contributed by atoms with Gasteiger partial charge < -0.3 is 14.6 Å². The lowest BCUT2D eigenvalue weighted by atomic mass is 9.68. The number of hydrogen-bond acceptors (Lipinski definition) is 2. The van der Waals surface area contributed by atoms with E-state index < -0.39 is 0 Å². The second-order valence-electron chi connectivity index (χ2n) is 7.00. The van der Waals surface area contributed by atoms with Crippen LogP contribution in [0.15, 0.2) is 39.7 Å². The highest BCUT2D eigenvalue weighted by atomic mass is 16.3. The summed E-state index contributed by atoms with van der Waals surface area (Å²) in [6.07, 6.45) is 6.43. The Hall–Kier alpha value is -1.97. The van der Waals surface area contributed by atoms with Crippen molar-refractivity contribution in [1.82, 2.24) is 10.2 Å². The number of likely N-dealkylation sites (tertiary alicyclic amines) is 1. The topological polar surface area (TPSA) is 40.8 Å². The Bertz CT molecular complexity index is 681. The molecule has 2 aromatic rings. The Kier molecular flexibility index (Phi) is 3.76. The Morgan fingerprint density at radius 1 is 1.30 bits per heavy atom. The molecule has 0 amide bonds. The van der Waals surface area contributed by atoms with Crippen molar-refractivity contribution in [3.63, 3.8) is 0 Å². The van der Waals surface area contributed by atoms with Crippen molar-refractivity contribution in [3.05, 3.63) is 36.1 Å². The van der Waals surface area contributed by atoms with Crippen molar-refractivity contribution in [2.45, 2.75) is 32.1 Å². The molecule has 122 valence electrons. The first-order chi connectivity index (χ1) is 11.3. The van der Waals surface area contributed by atoms with Crippen molar-refractivity contribution < 1.29 is 4.42 Å². The van der Waals surface area contributed by atoms with Crippen LogP contribution in [0.2, 0.25) is 0 Å². The molecule has 0 unspecified atom stereocenters. The summed E-state index contributed by atoms with van der Waals surface area (Å²) in [5.41, 5.74) is 1.58. The lowest BCUT2D eigenvalue weighted by Gasteiger charge is -2.38. The zero-order valence-electron chi connectivity index (χ0n) is 13.8. The monoisotopic (exact) mass is 311 g/mol. The minimum atomic E-state index is 0.607. The zero-order valence-corrected chi connectivity index (χ0v) is 13.8. The van der Waals surface area contributed by atoms with Gasteiger partial charge in [0.25, 0.3) is 0 Å². The minimum Gasteiger partial charge on any atom is -0.461 e. The predicted molar refractivity (Wildman–Crippen MR) is 93.8 cm³/mol. The fraction of sp³-hybridized carbons (Fsp3) is 0.526. The first-order valence-corrected chi connectivity index (χ1v) is 8.71. The zero-order chi connectivity index (χ0) is 15.7. The van der Waals surface area contributed by atoms with Gasteiger partial charge in [-0.05, 0) is 36.8 Å². The summed E-state index contributed by atoms with van der Waals surface area (Å²) < 4.78 is 5.88. The molecule has 1 aromatic heterocycles. The van der Waals surface area contributed by atoms with Crippen molar-refractivity contribution in [2.75, 3.05) is 26.7 Å². The van der Waals surface area contributed by atoms with E-state index in [4.69, 9.17) is 4.42 Å². The number of aliphatic imine (C=N–C) groups is 1. The van der Waals surface area contributed by atoms with Crippen LogP contribution in [-0.2, 0) is 6.42 Å². The van der Waals surface area contributed by atoms with Crippen LogP contribution < -0.4 is 5.32 Å². The predicted octanol–water partition coefficient (Wildman–Crippen LogP) is 3.43. The van der Waals surface area contributed by atoms with E-state index in [9.17, 15) is 0 Å². The molecule has 2 aliphatic rings. The summed E-state index contributed by atoms with van der Waals surface area (Å²) in [5, 5.41) is 4.69. The molecule has 1 spiro atoms. The van der Waals surface area contributed by atoms with Crippen LogP contribution in [0.5, 0.6) is 0 Å². The van der Waals surface area contributed by atoms with E-state index in [0.717, 1.165) is 36.8 Å². The molecule has 1 aromatic carbocycles. The summed E-state index contributed by atoms with van der Waals surface area (Å²) in [4.78, 5) is 6.90. The van der Waals surface area contributed by atoms with E-state index >= 15 is 0 Å². The van der Waals surface area contributed by atoms with E-state index in [1.807, 2.05) is 25.2 Å². The second-order valence-corrected chi connectivity index (χ2v) is 7.00. The van der Waals surface area contributed by atoms with Gasteiger partial charge in [0.1, 0.15) is 11.3 Å². The molecule has 0 radical (unpaired) electrons. The molecule has 2 heterocycles. The Balaban J connectivity index is 1.32. The van der Waals surface area contributed by atoms with Crippen LogP contribution in [0, 0.1) is 5.41 Å². The fourth-order valence-electron chi connectivity index (χ4n) is 3.99. The summed E-state index contributed by atoms with van der Waals surface area (Å²) in [6.45, 7) is 3.18. The third-order valence-electron chi connectivity index (χ3n) is 5.49. The lowest BCUT2D eigenvalue weighted by Crippen LogP contribution is -2.43. The number of nitrogens with zero attached hydrogens (tertiary/aromatic N) is 2. The molecular formula is C19H25N3O. The molecule has 1 aliphatic carbocycles. The van der Waals surface area contributed by atoms with Gasteiger partial charge in [0.2, 0.25) is 0 Å². The number of para-hydroxylation sites is 1. The number of hydrogen-bond donors (Lipinski definition) is 1. The van der Waals surface area contributed by atoms with Crippen molar-refractivity contribution in [3.8, 4) is 0 Å². The molecule has 1 N–H and O–H groups in total. The largest absolute Gasteiger partial charge is 0.461 e. The Morgan fingerprint density at radius 2 is 2.17 bits per heavy atom. The Morgan fingerprint density at radius 3 is 2.87 bits per heavy atom. The standard InChI is InChI=1S/C19H25N3O/c1-20-18(22-12-10-19(14-22)8-4-9-19)21-11-7-16-13-15-5-2-3-6-17(15)23-16/h2-3,5-6,13H,4,7-12,14H2,1H3,(H,20,21). The van der Waals surface area contributed by atoms with Gasteiger partial charge in [0.15, 0.2) is 5.96 Å². The molecule has 1 saturated heterocycles. The molecule has 0 atom stereocenters. The molecule has 0 bridgehead atoms. The van der Waals surface area contributed by atoms with Crippen LogP contribution >= 0.6 is 0 Å². The summed E-state index contributed by atoms with van der Waals surface area (Å²) >= 11 is 0. The highest BCUT2D eigenvalue weighted by molar-refractivity contribution is 5.80. The molecule has 4 rings (SSSR count). The van der Waals surface area contributed by atoms with Gasteiger partial charge >= 0.3 is 0 Å². The smallest absolute Gasteiger partial charge is 0.193 e. The average Bonchev–Trinajstić information content (AvgIpc) is 3.15. The first-order valence-electron chi connectivity index (χ1n) is 8.71. The van der Waals surface area contributed by atoms with Crippen LogP contribution in [0.3, 0.4) is 0 Å². The van der Waals surface area contributed by atoms with Gasteiger partial charge in [-0.3, -0.25) is 4.99 Å². The van der Waals surface area contributed by atoms with Gasteiger partial charge in [0, 0.05) is 38.5 Å². The number of guanidine groups is 1. The third-order valence-corrected chi connectivity index (χ3v) is 5.49. The summed E-state index contributed by atoms with van der Waals surface area (Å²) in [6, 6.07) is 10.3. The molecule has 2 fully saturated rings. The average molecular weight is 311 g/mol. The normalized spacial score (nSPS) is 20.2. The van der Waals surface area contributed by atoms with Gasteiger partial charge in [-0.15, -0.1) is 0 Å². The highest BCUT2D eigenvalue weighted by Crippen LogP contribution is 2.47. The maximum Gasteiger partial charge on any atom is 0.193 e. The second kappa shape index (κ2) is 5.91. The Labute approximate surface area is 137 Å². The highest BCUT2D eigenvalue weighted by Gasteiger charge is 2.43. The van der Waals surface area contributed by atoms with Crippen LogP contribution in [0.1, 0.15) is 31.4 Å². The number of nitrogens with one attached hydrogen (secondary N) is 1. The lowest BCUT2D eigenvalue weighted by molar-refractivity contribution is 0.151. The van der Waals surface area contributed by atoms with Crippen LogP contribution in [0.25, 0.3) is 11.0 Å². The van der Waals surface area contributed by atoms with E-state index in [2.05, 4.69) is 27.3 Å². The number of fused-ring (bicyclic) bond motifs is 1. The summed E-state index contributed by atoms with van der Waals surface area (Å²) in [5.74, 6) is 2.08. The van der Waals surface area contributed by atoms with Crippen molar-refractivity contribution in [2.24, 2.45) is 10.4 Å². The van der Waals surface area contributed by atoms with Gasteiger partial charge in [0.05, 0.1) is 0 Å². The first kappa shape index (κ1) is 14.6. The number of benzene rings is 1. The fourth-order valence-corrected chi connectivity index (χ4v) is 3.99. The molecule has 4 nitrogen and oxygen atoms in total. The molecular weight excluding hydrogens is 286 g/mol. The number of furan rings is 1.